The van der Waals surface area contributed by atoms with Crippen molar-refractivity contribution in [2.75, 3.05) is 45.2 Å². The lowest BCUT2D eigenvalue weighted by Gasteiger charge is -2.38. The largest absolute Gasteiger partial charge is 0.507 e. The highest BCUT2D eigenvalue weighted by Gasteiger charge is 2.50. The van der Waals surface area contributed by atoms with Crippen LogP contribution in [0, 0.1) is 30.6 Å². The molecule has 0 aromatic heterocycles. The van der Waals surface area contributed by atoms with Crippen LogP contribution < -0.4 is 10.1 Å². The second-order valence-corrected chi connectivity index (χ2v) is 17.9. The van der Waals surface area contributed by atoms with Gasteiger partial charge < -0.3 is 49.8 Å². The van der Waals surface area contributed by atoms with E-state index in [1.807, 2.05) is 30.3 Å². The van der Waals surface area contributed by atoms with Crippen molar-refractivity contribution in [2.24, 2.45) is 28.8 Å². The number of phenols is 3. The first-order valence-electron chi connectivity index (χ1n) is 22.6. The summed E-state index contributed by atoms with van der Waals surface area (Å²) in [6.07, 6.45) is 9.03. The number of fused-ring (bicyclic) bond motifs is 14. The highest BCUT2D eigenvalue weighted by molar-refractivity contribution is 6.23. The standard InChI is InChI=1S/C51H64N4O12/c1-28-15-13-16-29(2)50(63)53-41-36(27-52-55-24-22-54(23-25-55)21-14-19-35-17-11-10-12-18-35)45(60)38-39(46(41)61)44(59)33(6)48-40(38)49(62)51(8,67-48)65-26-20-37(64-9)30(3)47(66-34(7)56)32(5)43(58)31(4)42(28)57/h10-20,26-28,30-32,37,42-43,47,57-61H,21-25H2,1-9H3,(H,53,63)/b15-13+,19-14+,26-20+,29-16+,52-27-/t28-,30+,31+,32+,37+,42+,43-,47+,51+/m1/s1. The first kappa shape index (κ1) is 50.2. The summed E-state index contributed by atoms with van der Waals surface area (Å²) in [4.78, 5) is 43.1. The smallest absolute Gasteiger partial charge is 0.312 e. The fourth-order valence-electron chi connectivity index (χ4n) is 8.95. The molecule has 16 heteroatoms. The lowest BCUT2D eigenvalue weighted by Crippen LogP contribution is -2.46. The topological polar surface area (TPSA) is 220 Å². The zero-order valence-corrected chi connectivity index (χ0v) is 39.6. The van der Waals surface area contributed by atoms with Crippen LogP contribution in [0.2, 0.25) is 0 Å². The number of carbonyl (C=O) groups excluding carboxylic acids is 3. The molecule has 0 unspecified atom stereocenters. The SMILES string of the molecule is CO[C@H]1/C=C/O[C@@]2(C)Oc3c(C)c(O)c4c(O)c(c(/C=N\N5CCN(C/C=C/c6ccccc6)CC5)c(O)c4c3C2=O)NC(=O)/C(C)=C/C=C/[C@@H](C)[C@H](O)[C@H](C)[C@@H](O)[C@H](C)[C@@H](OC(C)=O)[C@H]1C. The lowest BCUT2D eigenvalue weighted by molar-refractivity contribution is -0.160. The zero-order chi connectivity index (χ0) is 48.9. The highest BCUT2D eigenvalue weighted by atomic mass is 16.7. The van der Waals surface area contributed by atoms with Crippen molar-refractivity contribution in [1.82, 2.24) is 9.91 Å². The number of nitrogens with zero attached hydrogens (tertiary/aromatic N) is 3. The molecule has 9 atom stereocenters. The van der Waals surface area contributed by atoms with Crippen molar-refractivity contribution in [3.8, 4) is 23.0 Å². The molecule has 3 aromatic carbocycles. The predicted octanol–water partition coefficient (Wildman–Crippen LogP) is 6.42. The van der Waals surface area contributed by atoms with Crippen LogP contribution in [0.15, 0.2) is 77.6 Å². The Morgan fingerprint density at radius 3 is 2.27 bits per heavy atom. The van der Waals surface area contributed by atoms with E-state index in [9.17, 15) is 39.9 Å². The number of carbonyl (C=O) groups is 3. The third kappa shape index (κ3) is 10.7. The minimum absolute atomic E-state index is 0.0504. The molecule has 67 heavy (non-hydrogen) atoms. The van der Waals surface area contributed by atoms with Crippen LogP contribution in [0.25, 0.3) is 16.8 Å². The molecule has 4 heterocycles. The Morgan fingerprint density at radius 2 is 1.61 bits per heavy atom. The molecule has 0 spiro atoms. The first-order valence-corrected chi connectivity index (χ1v) is 22.6. The van der Waals surface area contributed by atoms with Crippen LogP contribution in [-0.2, 0) is 23.8 Å². The number of nitrogens with one attached hydrogen (secondary N) is 1. The Bertz CT molecular complexity index is 2480. The number of aromatic hydroxyl groups is 3. The number of ketones is 1. The molecule has 1 amide bonds. The van der Waals surface area contributed by atoms with E-state index in [4.69, 9.17) is 18.9 Å². The fraction of sp³-hybridized carbons (Fsp3) is 0.451. The number of piperazine rings is 1. The molecule has 3 aromatic rings. The summed E-state index contributed by atoms with van der Waals surface area (Å²) in [5, 5.41) is 67.6. The van der Waals surface area contributed by atoms with Gasteiger partial charge >= 0.3 is 11.8 Å². The normalized spacial score (nSPS) is 29.7. The number of rotatable bonds is 7. The molecule has 16 nitrogen and oxygen atoms in total. The lowest BCUT2D eigenvalue weighted by atomic mass is 9.78. The number of hydrogen-bond acceptors (Lipinski definition) is 15. The van der Waals surface area contributed by atoms with Gasteiger partial charge in [-0.25, -0.2) is 0 Å². The van der Waals surface area contributed by atoms with Crippen LogP contribution in [0.5, 0.6) is 23.0 Å². The molecule has 4 aliphatic rings. The second kappa shape index (κ2) is 21.2. The Kier molecular flexibility index (Phi) is 15.9. The van der Waals surface area contributed by atoms with Gasteiger partial charge in [0.1, 0.15) is 23.4 Å². The molecule has 0 aliphatic carbocycles. The number of Topliss-reactive ketones (excluding diaryl/α,β-unsaturated/α-hetero) is 1. The van der Waals surface area contributed by atoms with E-state index in [1.54, 1.807) is 44.9 Å². The van der Waals surface area contributed by atoms with Gasteiger partial charge in [0.2, 0.25) is 0 Å². The number of aliphatic hydroxyl groups excluding tert-OH is 2. The highest BCUT2D eigenvalue weighted by Crippen LogP contribution is 2.55. The van der Waals surface area contributed by atoms with Gasteiger partial charge in [-0.05, 0) is 25.5 Å². The number of benzene rings is 3. The second-order valence-electron chi connectivity index (χ2n) is 17.9. The van der Waals surface area contributed by atoms with Gasteiger partial charge in [0.25, 0.3) is 11.7 Å². The van der Waals surface area contributed by atoms with Crippen molar-refractivity contribution in [3.63, 3.8) is 0 Å². The van der Waals surface area contributed by atoms with Crippen LogP contribution in [0.3, 0.4) is 0 Å². The number of methoxy groups -OCH3 is 1. The Hall–Kier alpha value is -6.20. The van der Waals surface area contributed by atoms with Crippen molar-refractivity contribution in [2.45, 2.75) is 85.6 Å². The van der Waals surface area contributed by atoms with E-state index in [-0.39, 0.29) is 44.5 Å². The maximum absolute atomic E-state index is 14.6. The number of anilines is 1. The number of phenolic OH excluding ortho intramolecular Hbond substituents is 3. The molecule has 5 bridgehead atoms. The van der Waals surface area contributed by atoms with Gasteiger partial charge in [0.05, 0.1) is 53.0 Å². The van der Waals surface area contributed by atoms with Crippen LogP contribution in [-0.4, -0.2) is 129 Å². The number of allylic oxidation sites excluding steroid dienone is 2. The maximum Gasteiger partial charge on any atom is 0.312 e. The van der Waals surface area contributed by atoms with Gasteiger partial charge in [-0.2, -0.15) is 5.10 Å². The van der Waals surface area contributed by atoms with Gasteiger partial charge in [0, 0.05) is 93.9 Å². The molecule has 0 saturated carbocycles. The van der Waals surface area contributed by atoms with Crippen LogP contribution in [0.4, 0.5) is 5.69 Å². The number of esters is 1. The summed E-state index contributed by atoms with van der Waals surface area (Å²) in [5.74, 6) is -8.44. The first-order chi connectivity index (χ1) is 31.8. The Balaban J connectivity index is 1.43. The van der Waals surface area contributed by atoms with Crippen LogP contribution in [0.1, 0.15) is 75.5 Å². The number of hydrazone groups is 1. The van der Waals surface area contributed by atoms with E-state index < -0.39 is 88.8 Å². The molecule has 1 fully saturated rings. The van der Waals surface area contributed by atoms with Crippen molar-refractivity contribution in [1.29, 1.82) is 0 Å². The minimum atomic E-state index is -2.06. The van der Waals surface area contributed by atoms with Gasteiger partial charge in [-0.3, -0.25) is 24.3 Å². The van der Waals surface area contributed by atoms with E-state index in [2.05, 4.69) is 27.5 Å². The number of aliphatic hydroxyl groups is 2. The fourth-order valence-corrected chi connectivity index (χ4v) is 8.95. The predicted molar refractivity (Wildman–Crippen MR) is 255 cm³/mol. The summed E-state index contributed by atoms with van der Waals surface area (Å²) in [7, 11) is 1.44. The third-order valence-corrected chi connectivity index (χ3v) is 13.2. The quantitative estimate of drug-likeness (QED) is 0.0652. The van der Waals surface area contributed by atoms with E-state index in [1.165, 1.54) is 59.4 Å². The van der Waals surface area contributed by atoms with Crippen molar-refractivity contribution in [3.05, 3.63) is 94.8 Å². The molecule has 4 aliphatic heterocycles. The molecular formula is C51H64N4O12. The van der Waals surface area contributed by atoms with E-state index in [0.717, 1.165) is 12.1 Å². The molecule has 7 rings (SSSR count). The molecule has 0 radical (unpaired) electrons. The number of amides is 1. The molecule has 6 N–H and O–H groups in total. The summed E-state index contributed by atoms with van der Waals surface area (Å²) < 4.78 is 23.7. The third-order valence-electron chi connectivity index (χ3n) is 13.2. The summed E-state index contributed by atoms with van der Waals surface area (Å²) in [6.45, 7) is 15.7. The maximum atomic E-state index is 14.6. The van der Waals surface area contributed by atoms with Crippen molar-refractivity contribution < 1.29 is 58.9 Å². The molecular weight excluding hydrogens is 861 g/mol. The van der Waals surface area contributed by atoms with Crippen LogP contribution >= 0.6 is 0 Å². The summed E-state index contributed by atoms with van der Waals surface area (Å²) >= 11 is 0. The average Bonchev–Trinajstić information content (AvgIpc) is 3.57. The summed E-state index contributed by atoms with van der Waals surface area (Å²) in [6, 6.07) is 10.0. The van der Waals surface area contributed by atoms with Gasteiger partial charge in [-0.1, -0.05) is 88.4 Å². The summed E-state index contributed by atoms with van der Waals surface area (Å²) in [5.41, 5.74) is 0.718. The minimum Gasteiger partial charge on any atom is -0.507 e. The van der Waals surface area contributed by atoms with Crippen molar-refractivity contribution >= 4 is 46.4 Å². The molecule has 360 valence electrons. The Labute approximate surface area is 391 Å². The van der Waals surface area contributed by atoms with E-state index >= 15 is 0 Å². The Morgan fingerprint density at radius 1 is 0.925 bits per heavy atom. The van der Waals surface area contributed by atoms with Gasteiger partial charge in [0.15, 0.2) is 5.75 Å². The monoisotopic (exact) mass is 924 g/mol. The molecule has 1 saturated heterocycles. The van der Waals surface area contributed by atoms with Gasteiger partial charge in [-0.15, -0.1) is 0 Å². The number of ether oxygens (including phenoxy) is 4. The zero-order valence-electron chi connectivity index (χ0n) is 39.6. The van der Waals surface area contributed by atoms with E-state index in [0.29, 0.717) is 26.2 Å². The average molecular weight is 925 g/mol. The number of hydrogen-bond donors (Lipinski definition) is 6.